The second-order valence-electron chi connectivity index (χ2n) is 6.61. The van der Waals surface area contributed by atoms with Crippen LogP contribution in [0.4, 0.5) is 5.69 Å². The molecule has 0 radical (unpaired) electrons. The van der Waals surface area contributed by atoms with Crippen molar-refractivity contribution < 1.29 is 14.3 Å². The summed E-state index contributed by atoms with van der Waals surface area (Å²) < 4.78 is 5.17. The summed E-state index contributed by atoms with van der Waals surface area (Å²) in [6, 6.07) is 15.8. The van der Waals surface area contributed by atoms with Crippen LogP contribution in [0.2, 0.25) is 0 Å². The summed E-state index contributed by atoms with van der Waals surface area (Å²) in [5.74, 6) is -1.02. The van der Waals surface area contributed by atoms with Gasteiger partial charge in [-0.2, -0.15) is 0 Å². The molecule has 6 heteroatoms. The van der Waals surface area contributed by atoms with E-state index in [-0.39, 0.29) is 29.7 Å². The largest absolute Gasteiger partial charge is 0.451 e. The summed E-state index contributed by atoms with van der Waals surface area (Å²) in [7, 11) is 0. The number of aromatic amines is 1. The summed E-state index contributed by atoms with van der Waals surface area (Å²) in [5.41, 5.74) is 2.25. The highest BCUT2D eigenvalue weighted by Gasteiger charge is 2.31. The van der Waals surface area contributed by atoms with Crippen molar-refractivity contribution in [3.63, 3.8) is 0 Å². The highest BCUT2D eigenvalue weighted by molar-refractivity contribution is 5.99. The third-order valence-corrected chi connectivity index (χ3v) is 4.76. The molecule has 1 aliphatic rings. The molecular weight excluding hydrogens is 344 g/mol. The number of para-hydroxylation sites is 2. The third-order valence-electron chi connectivity index (χ3n) is 4.76. The van der Waals surface area contributed by atoms with Crippen molar-refractivity contribution >= 4 is 28.5 Å². The molecule has 2 aromatic carbocycles. The minimum atomic E-state index is -0.730. The molecule has 1 amide bonds. The zero-order valence-corrected chi connectivity index (χ0v) is 14.8. The van der Waals surface area contributed by atoms with Gasteiger partial charge in [-0.25, -0.2) is 4.79 Å². The van der Waals surface area contributed by atoms with Crippen molar-refractivity contribution in [3.05, 3.63) is 76.1 Å². The number of amides is 1. The van der Waals surface area contributed by atoms with E-state index in [9.17, 15) is 14.4 Å². The number of aromatic nitrogens is 1. The SMILES string of the molecule is C[C@@H]1Cc2ccccc2N1C(=O)COC(=O)c1cc(=O)c2ccccc2[nH]1. The molecular formula is C21H18N2O4. The Bertz CT molecular complexity index is 1100. The number of carbonyl (C=O) groups excluding carboxylic acids is 2. The summed E-state index contributed by atoms with van der Waals surface area (Å²) in [4.78, 5) is 41.6. The van der Waals surface area contributed by atoms with E-state index >= 15 is 0 Å². The van der Waals surface area contributed by atoms with Gasteiger partial charge in [0.25, 0.3) is 5.91 Å². The van der Waals surface area contributed by atoms with Crippen molar-refractivity contribution in [1.82, 2.24) is 4.98 Å². The van der Waals surface area contributed by atoms with Crippen LogP contribution >= 0.6 is 0 Å². The average Bonchev–Trinajstić information content (AvgIpc) is 3.01. The zero-order valence-electron chi connectivity index (χ0n) is 14.8. The van der Waals surface area contributed by atoms with Crippen molar-refractivity contribution in [2.75, 3.05) is 11.5 Å². The van der Waals surface area contributed by atoms with Gasteiger partial charge >= 0.3 is 5.97 Å². The van der Waals surface area contributed by atoms with Gasteiger partial charge in [0.05, 0.1) is 0 Å². The number of anilines is 1. The molecule has 0 unspecified atom stereocenters. The molecule has 2 heterocycles. The lowest BCUT2D eigenvalue weighted by atomic mass is 10.1. The van der Waals surface area contributed by atoms with Gasteiger partial charge in [0.15, 0.2) is 12.0 Å². The molecule has 0 bridgehead atoms. The quantitative estimate of drug-likeness (QED) is 0.727. The number of pyridine rings is 1. The first-order chi connectivity index (χ1) is 13.0. The number of rotatable bonds is 3. The number of carbonyl (C=O) groups is 2. The Labute approximate surface area is 155 Å². The van der Waals surface area contributed by atoms with E-state index in [0.29, 0.717) is 10.9 Å². The normalized spacial score (nSPS) is 15.6. The maximum Gasteiger partial charge on any atom is 0.355 e. The van der Waals surface area contributed by atoms with Crippen LogP contribution in [0.5, 0.6) is 0 Å². The summed E-state index contributed by atoms with van der Waals surface area (Å²) in [5, 5.41) is 0.493. The maximum absolute atomic E-state index is 12.6. The van der Waals surface area contributed by atoms with Crippen LogP contribution in [-0.2, 0) is 16.0 Å². The Morgan fingerprint density at radius 2 is 1.89 bits per heavy atom. The van der Waals surface area contributed by atoms with E-state index in [1.165, 1.54) is 6.07 Å². The summed E-state index contributed by atoms with van der Waals surface area (Å²) in [6.07, 6.45) is 0.772. The second kappa shape index (κ2) is 6.72. The number of esters is 1. The first kappa shape index (κ1) is 17.0. The topological polar surface area (TPSA) is 79.5 Å². The molecule has 0 aliphatic carbocycles. The van der Waals surface area contributed by atoms with Crippen LogP contribution in [0.25, 0.3) is 10.9 Å². The van der Waals surface area contributed by atoms with Gasteiger partial charge in [0, 0.05) is 28.7 Å². The van der Waals surface area contributed by atoms with E-state index < -0.39 is 5.97 Å². The predicted octanol–water partition coefficient (Wildman–Crippen LogP) is 2.66. The standard InChI is InChI=1S/C21H18N2O4/c1-13-10-14-6-2-5-9-18(14)23(13)20(25)12-27-21(26)17-11-19(24)15-7-3-4-8-16(15)22-17/h2-9,11,13H,10,12H2,1H3,(H,22,24)/t13-/m1/s1. The second-order valence-corrected chi connectivity index (χ2v) is 6.61. The number of benzene rings is 2. The Morgan fingerprint density at radius 3 is 2.74 bits per heavy atom. The van der Waals surface area contributed by atoms with E-state index in [1.54, 1.807) is 29.2 Å². The van der Waals surface area contributed by atoms with Crippen molar-refractivity contribution in [2.45, 2.75) is 19.4 Å². The van der Waals surface area contributed by atoms with Crippen molar-refractivity contribution in [2.24, 2.45) is 0 Å². The fourth-order valence-electron chi connectivity index (χ4n) is 3.53. The van der Waals surface area contributed by atoms with Gasteiger partial charge in [0.1, 0.15) is 5.69 Å². The molecule has 1 N–H and O–H groups in total. The fraction of sp³-hybridized carbons (Fsp3) is 0.190. The van der Waals surface area contributed by atoms with Crippen molar-refractivity contribution in [3.8, 4) is 0 Å². The molecule has 27 heavy (non-hydrogen) atoms. The van der Waals surface area contributed by atoms with E-state index in [1.807, 2.05) is 31.2 Å². The minimum Gasteiger partial charge on any atom is -0.451 e. The van der Waals surface area contributed by atoms with Crippen molar-refractivity contribution in [1.29, 1.82) is 0 Å². The molecule has 1 aliphatic heterocycles. The lowest BCUT2D eigenvalue weighted by Crippen LogP contribution is -2.38. The third kappa shape index (κ3) is 3.10. The Morgan fingerprint density at radius 1 is 1.15 bits per heavy atom. The Hall–Kier alpha value is -3.41. The average molecular weight is 362 g/mol. The number of H-pyrrole nitrogens is 1. The fourth-order valence-corrected chi connectivity index (χ4v) is 3.53. The van der Waals surface area contributed by atoms with E-state index in [4.69, 9.17) is 4.74 Å². The van der Waals surface area contributed by atoms with Gasteiger partial charge in [-0.1, -0.05) is 30.3 Å². The van der Waals surface area contributed by atoms with Gasteiger partial charge in [0.2, 0.25) is 0 Å². The molecule has 0 saturated heterocycles. The number of hydrogen-bond donors (Lipinski definition) is 1. The molecule has 1 aromatic heterocycles. The Balaban J connectivity index is 1.50. The summed E-state index contributed by atoms with van der Waals surface area (Å²) >= 11 is 0. The predicted molar refractivity (Wildman–Crippen MR) is 102 cm³/mol. The first-order valence-corrected chi connectivity index (χ1v) is 8.74. The number of nitrogens with one attached hydrogen (secondary N) is 1. The van der Waals surface area contributed by atoms with Crippen LogP contribution in [-0.4, -0.2) is 29.5 Å². The van der Waals surface area contributed by atoms with Crippen LogP contribution in [0.15, 0.2) is 59.4 Å². The highest BCUT2D eigenvalue weighted by atomic mass is 16.5. The molecule has 4 rings (SSSR count). The van der Waals surface area contributed by atoms with E-state index in [2.05, 4.69) is 4.98 Å². The van der Waals surface area contributed by atoms with Crippen LogP contribution in [0.3, 0.4) is 0 Å². The molecule has 6 nitrogen and oxygen atoms in total. The number of fused-ring (bicyclic) bond motifs is 2. The first-order valence-electron chi connectivity index (χ1n) is 8.74. The Kier molecular flexibility index (Phi) is 4.24. The lowest BCUT2D eigenvalue weighted by Gasteiger charge is -2.22. The van der Waals surface area contributed by atoms with Crippen LogP contribution < -0.4 is 10.3 Å². The zero-order chi connectivity index (χ0) is 19.0. The number of ether oxygens (including phenoxy) is 1. The van der Waals surface area contributed by atoms with Gasteiger partial charge in [-0.3, -0.25) is 9.59 Å². The van der Waals surface area contributed by atoms with Crippen LogP contribution in [0.1, 0.15) is 23.0 Å². The molecule has 0 saturated carbocycles. The molecule has 0 fully saturated rings. The minimum absolute atomic E-state index is 0.00841. The molecule has 3 aromatic rings. The van der Waals surface area contributed by atoms with Gasteiger partial charge < -0.3 is 14.6 Å². The molecule has 0 spiro atoms. The lowest BCUT2D eigenvalue weighted by molar-refractivity contribution is -0.122. The molecule has 136 valence electrons. The van der Waals surface area contributed by atoms with Crippen LogP contribution in [0, 0.1) is 0 Å². The van der Waals surface area contributed by atoms with Gasteiger partial charge in [-0.15, -0.1) is 0 Å². The highest BCUT2D eigenvalue weighted by Crippen LogP contribution is 2.31. The smallest absolute Gasteiger partial charge is 0.355 e. The number of hydrogen-bond acceptors (Lipinski definition) is 4. The van der Waals surface area contributed by atoms with E-state index in [0.717, 1.165) is 17.7 Å². The monoisotopic (exact) mass is 362 g/mol. The number of nitrogens with zero attached hydrogens (tertiary/aromatic N) is 1. The summed E-state index contributed by atoms with van der Waals surface area (Å²) in [6.45, 7) is 1.58. The molecule has 1 atom stereocenters. The van der Waals surface area contributed by atoms with Gasteiger partial charge in [-0.05, 0) is 37.1 Å². The maximum atomic E-state index is 12.6.